The van der Waals surface area contributed by atoms with Gasteiger partial charge in [0.1, 0.15) is 0 Å². The van der Waals surface area contributed by atoms with Gasteiger partial charge in [-0.2, -0.15) is 0 Å². The van der Waals surface area contributed by atoms with Gasteiger partial charge in [-0.05, 0) is 36.5 Å². The molecule has 1 aromatic carbocycles. The van der Waals surface area contributed by atoms with Crippen molar-refractivity contribution in [3.8, 4) is 11.5 Å². The molecule has 82 valence electrons. The van der Waals surface area contributed by atoms with Gasteiger partial charge in [-0.15, -0.1) is 0 Å². The summed E-state index contributed by atoms with van der Waals surface area (Å²) in [5.74, 6) is 2.57. The maximum Gasteiger partial charge on any atom is 0.231 e. The molecule has 0 amide bonds. The fourth-order valence-electron chi connectivity index (χ4n) is 1.81. The second kappa shape index (κ2) is 4.56. The van der Waals surface area contributed by atoms with Crippen LogP contribution in [0, 0.1) is 5.92 Å². The van der Waals surface area contributed by atoms with Crippen molar-refractivity contribution in [2.24, 2.45) is 5.92 Å². The van der Waals surface area contributed by atoms with Crippen LogP contribution in [0.4, 0.5) is 0 Å². The Balaban J connectivity index is 1.92. The summed E-state index contributed by atoms with van der Waals surface area (Å²) in [6.45, 7) is 4.89. The third-order valence-corrected chi connectivity index (χ3v) is 2.68. The molecule has 0 atom stereocenters. The summed E-state index contributed by atoms with van der Waals surface area (Å²) in [5, 5.41) is 0. The van der Waals surface area contributed by atoms with E-state index in [1.165, 1.54) is 18.4 Å². The van der Waals surface area contributed by atoms with Crippen molar-refractivity contribution in [1.29, 1.82) is 0 Å². The topological polar surface area (TPSA) is 18.5 Å². The molecule has 0 saturated carbocycles. The van der Waals surface area contributed by atoms with Crippen LogP contribution in [-0.2, 0) is 6.42 Å². The number of ether oxygens (including phenoxy) is 2. The summed E-state index contributed by atoms with van der Waals surface area (Å²) in [4.78, 5) is 0. The summed E-state index contributed by atoms with van der Waals surface area (Å²) < 4.78 is 10.6. The first kappa shape index (κ1) is 10.3. The summed E-state index contributed by atoms with van der Waals surface area (Å²) >= 11 is 0. The lowest BCUT2D eigenvalue weighted by atomic mass is 10.0. The molecule has 0 aromatic heterocycles. The van der Waals surface area contributed by atoms with Crippen LogP contribution in [0.1, 0.15) is 32.3 Å². The lowest BCUT2D eigenvalue weighted by Gasteiger charge is -2.05. The second-order valence-electron chi connectivity index (χ2n) is 4.47. The molecule has 0 radical (unpaired) electrons. The number of benzene rings is 1. The molecule has 1 heterocycles. The molecule has 0 aliphatic carbocycles. The van der Waals surface area contributed by atoms with E-state index in [1.807, 2.05) is 6.07 Å². The Hall–Kier alpha value is -1.18. The zero-order chi connectivity index (χ0) is 10.7. The van der Waals surface area contributed by atoms with Crippen molar-refractivity contribution in [1.82, 2.24) is 0 Å². The predicted molar refractivity (Wildman–Crippen MR) is 60.3 cm³/mol. The summed E-state index contributed by atoms with van der Waals surface area (Å²) in [6, 6.07) is 6.24. The van der Waals surface area contributed by atoms with Gasteiger partial charge < -0.3 is 9.47 Å². The van der Waals surface area contributed by atoms with Crippen LogP contribution in [0.2, 0.25) is 0 Å². The lowest BCUT2D eigenvalue weighted by molar-refractivity contribution is 0.174. The number of rotatable bonds is 4. The molecule has 0 unspecified atom stereocenters. The Morgan fingerprint density at radius 1 is 1.20 bits per heavy atom. The van der Waals surface area contributed by atoms with Crippen LogP contribution in [0.25, 0.3) is 0 Å². The maximum atomic E-state index is 5.34. The second-order valence-corrected chi connectivity index (χ2v) is 4.47. The van der Waals surface area contributed by atoms with Gasteiger partial charge in [0, 0.05) is 0 Å². The third kappa shape index (κ3) is 2.65. The highest BCUT2D eigenvalue weighted by Crippen LogP contribution is 2.32. The van der Waals surface area contributed by atoms with E-state index in [2.05, 4.69) is 26.0 Å². The highest BCUT2D eigenvalue weighted by Gasteiger charge is 2.12. The van der Waals surface area contributed by atoms with E-state index < -0.39 is 0 Å². The molecule has 0 N–H and O–H groups in total. The van der Waals surface area contributed by atoms with E-state index in [0.717, 1.165) is 23.8 Å². The standard InChI is InChI=1S/C13H18O2/c1-10(2)4-3-5-11-6-7-12-13(8-11)15-9-14-12/h6-8,10H,3-5,9H2,1-2H3. The van der Waals surface area contributed by atoms with Gasteiger partial charge in [-0.1, -0.05) is 26.3 Å². The largest absolute Gasteiger partial charge is 0.454 e. The van der Waals surface area contributed by atoms with Gasteiger partial charge in [-0.3, -0.25) is 0 Å². The molecule has 0 fully saturated rings. The quantitative estimate of drug-likeness (QED) is 0.751. The average molecular weight is 206 g/mol. The Labute approximate surface area is 91.2 Å². The molecule has 0 saturated heterocycles. The zero-order valence-corrected chi connectivity index (χ0v) is 9.45. The Morgan fingerprint density at radius 2 is 2.00 bits per heavy atom. The van der Waals surface area contributed by atoms with E-state index in [9.17, 15) is 0 Å². The first-order valence-electron chi connectivity index (χ1n) is 5.64. The van der Waals surface area contributed by atoms with Gasteiger partial charge in [0.25, 0.3) is 0 Å². The SMILES string of the molecule is CC(C)CCCc1ccc2c(c1)OCO2. The minimum atomic E-state index is 0.366. The van der Waals surface area contributed by atoms with Crippen LogP contribution in [0.3, 0.4) is 0 Å². The van der Waals surface area contributed by atoms with Gasteiger partial charge >= 0.3 is 0 Å². The smallest absolute Gasteiger partial charge is 0.231 e. The van der Waals surface area contributed by atoms with E-state index >= 15 is 0 Å². The van der Waals surface area contributed by atoms with Gasteiger partial charge in [0.05, 0.1) is 0 Å². The summed E-state index contributed by atoms with van der Waals surface area (Å²) in [6.07, 6.45) is 3.67. The molecule has 15 heavy (non-hydrogen) atoms. The van der Waals surface area contributed by atoms with Crippen LogP contribution in [-0.4, -0.2) is 6.79 Å². The van der Waals surface area contributed by atoms with Crippen molar-refractivity contribution in [2.75, 3.05) is 6.79 Å². The van der Waals surface area contributed by atoms with Crippen LogP contribution in [0.15, 0.2) is 18.2 Å². The predicted octanol–water partition coefficient (Wildman–Crippen LogP) is 3.39. The molecule has 0 spiro atoms. The lowest BCUT2D eigenvalue weighted by Crippen LogP contribution is -1.93. The number of aryl methyl sites for hydroxylation is 1. The van der Waals surface area contributed by atoms with E-state index in [-0.39, 0.29) is 0 Å². The normalized spacial score (nSPS) is 13.5. The minimum absolute atomic E-state index is 0.366. The third-order valence-electron chi connectivity index (χ3n) is 2.68. The van der Waals surface area contributed by atoms with E-state index in [0.29, 0.717) is 6.79 Å². The molecule has 2 nitrogen and oxygen atoms in total. The van der Waals surface area contributed by atoms with Gasteiger partial charge in [0.2, 0.25) is 6.79 Å². The Kier molecular flexibility index (Phi) is 3.14. The molecular formula is C13H18O2. The number of hydrogen-bond acceptors (Lipinski definition) is 2. The van der Waals surface area contributed by atoms with Crippen LogP contribution >= 0.6 is 0 Å². The van der Waals surface area contributed by atoms with E-state index in [1.54, 1.807) is 0 Å². The Morgan fingerprint density at radius 3 is 2.80 bits per heavy atom. The molecule has 2 heteroatoms. The van der Waals surface area contributed by atoms with Crippen molar-refractivity contribution in [3.63, 3.8) is 0 Å². The molecular weight excluding hydrogens is 188 g/mol. The molecule has 0 bridgehead atoms. The van der Waals surface area contributed by atoms with Crippen molar-refractivity contribution < 1.29 is 9.47 Å². The highest BCUT2D eigenvalue weighted by atomic mass is 16.7. The van der Waals surface area contributed by atoms with Crippen LogP contribution in [0.5, 0.6) is 11.5 Å². The minimum Gasteiger partial charge on any atom is -0.454 e. The van der Waals surface area contributed by atoms with E-state index in [4.69, 9.17) is 9.47 Å². The van der Waals surface area contributed by atoms with Crippen molar-refractivity contribution in [2.45, 2.75) is 33.1 Å². The maximum absolute atomic E-state index is 5.34. The highest BCUT2D eigenvalue weighted by molar-refractivity contribution is 5.44. The number of fused-ring (bicyclic) bond motifs is 1. The average Bonchev–Trinajstić information content (AvgIpc) is 2.64. The van der Waals surface area contributed by atoms with Gasteiger partial charge in [-0.25, -0.2) is 0 Å². The molecule has 1 aromatic rings. The van der Waals surface area contributed by atoms with Crippen LogP contribution < -0.4 is 9.47 Å². The molecule has 1 aliphatic rings. The summed E-state index contributed by atoms with van der Waals surface area (Å²) in [7, 11) is 0. The first-order chi connectivity index (χ1) is 7.25. The Bertz CT molecular complexity index is 331. The zero-order valence-electron chi connectivity index (χ0n) is 9.45. The van der Waals surface area contributed by atoms with Gasteiger partial charge in [0.15, 0.2) is 11.5 Å². The van der Waals surface area contributed by atoms with Crippen molar-refractivity contribution in [3.05, 3.63) is 23.8 Å². The fourth-order valence-corrected chi connectivity index (χ4v) is 1.81. The van der Waals surface area contributed by atoms with Crippen molar-refractivity contribution >= 4 is 0 Å². The molecule has 1 aliphatic heterocycles. The molecule has 2 rings (SSSR count). The number of hydrogen-bond donors (Lipinski definition) is 0. The monoisotopic (exact) mass is 206 g/mol. The first-order valence-corrected chi connectivity index (χ1v) is 5.64. The summed E-state index contributed by atoms with van der Waals surface area (Å²) in [5.41, 5.74) is 1.35. The fraction of sp³-hybridized carbons (Fsp3) is 0.538.